The van der Waals surface area contributed by atoms with Crippen LogP contribution in [-0.4, -0.2) is 7.05 Å². The van der Waals surface area contributed by atoms with E-state index in [4.69, 9.17) is 5.73 Å². The molecule has 2 aromatic rings. The SMILES string of the molecule is Cc1ccccc1CN(C)c1cccc(F)c1[C@H](C)N. The van der Waals surface area contributed by atoms with Crippen molar-refractivity contribution in [3.05, 3.63) is 65.0 Å². The lowest BCUT2D eigenvalue weighted by Crippen LogP contribution is -2.21. The molecule has 0 amide bonds. The number of nitrogens with two attached hydrogens (primary N) is 1. The van der Waals surface area contributed by atoms with E-state index in [1.54, 1.807) is 6.07 Å². The number of aryl methyl sites for hydroxylation is 1. The monoisotopic (exact) mass is 272 g/mol. The minimum Gasteiger partial charge on any atom is -0.370 e. The van der Waals surface area contributed by atoms with Crippen LogP contribution in [-0.2, 0) is 6.54 Å². The summed E-state index contributed by atoms with van der Waals surface area (Å²) in [6, 6.07) is 13.0. The molecule has 106 valence electrons. The molecule has 2 N–H and O–H groups in total. The Morgan fingerprint density at radius 1 is 1.15 bits per heavy atom. The van der Waals surface area contributed by atoms with Gasteiger partial charge in [-0.25, -0.2) is 4.39 Å². The zero-order valence-corrected chi connectivity index (χ0v) is 12.2. The van der Waals surface area contributed by atoms with E-state index in [9.17, 15) is 4.39 Å². The predicted molar refractivity (Wildman–Crippen MR) is 82.3 cm³/mol. The number of nitrogens with zero attached hydrogens (tertiary/aromatic N) is 1. The number of hydrogen-bond acceptors (Lipinski definition) is 2. The van der Waals surface area contributed by atoms with Crippen molar-refractivity contribution in [1.29, 1.82) is 0 Å². The highest BCUT2D eigenvalue weighted by Crippen LogP contribution is 2.28. The smallest absolute Gasteiger partial charge is 0.130 e. The Morgan fingerprint density at radius 2 is 1.85 bits per heavy atom. The number of halogens is 1. The second-order valence-electron chi connectivity index (χ2n) is 5.24. The maximum atomic E-state index is 14.0. The van der Waals surface area contributed by atoms with Gasteiger partial charge in [-0.15, -0.1) is 0 Å². The molecule has 0 fully saturated rings. The molecule has 0 aromatic heterocycles. The van der Waals surface area contributed by atoms with Crippen molar-refractivity contribution in [1.82, 2.24) is 0 Å². The Hall–Kier alpha value is -1.87. The van der Waals surface area contributed by atoms with Gasteiger partial charge in [0.25, 0.3) is 0 Å². The van der Waals surface area contributed by atoms with Crippen LogP contribution < -0.4 is 10.6 Å². The van der Waals surface area contributed by atoms with E-state index in [1.165, 1.54) is 17.2 Å². The molecule has 2 rings (SSSR count). The number of hydrogen-bond donors (Lipinski definition) is 1. The summed E-state index contributed by atoms with van der Waals surface area (Å²) in [4.78, 5) is 2.05. The molecule has 0 bridgehead atoms. The summed E-state index contributed by atoms with van der Waals surface area (Å²) < 4.78 is 14.0. The molecule has 0 heterocycles. The van der Waals surface area contributed by atoms with E-state index in [0.717, 1.165) is 12.2 Å². The second-order valence-corrected chi connectivity index (χ2v) is 5.24. The van der Waals surface area contributed by atoms with Crippen molar-refractivity contribution in [3.8, 4) is 0 Å². The largest absolute Gasteiger partial charge is 0.370 e. The Kier molecular flexibility index (Phi) is 4.40. The van der Waals surface area contributed by atoms with Crippen LogP contribution in [0.5, 0.6) is 0 Å². The van der Waals surface area contributed by atoms with Crippen molar-refractivity contribution >= 4 is 5.69 Å². The zero-order chi connectivity index (χ0) is 14.7. The first-order valence-corrected chi connectivity index (χ1v) is 6.80. The van der Waals surface area contributed by atoms with E-state index < -0.39 is 0 Å². The zero-order valence-electron chi connectivity index (χ0n) is 12.2. The van der Waals surface area contributed by atoms with Crippen LogP contribution in [0.4, 0.5) is 10.1 Å². The molecule has 0 aliphatic heterocycles. The Labute approximate surface area is 120 Å². The van der Waals surface area contributed by atoms with E-state index in [-0.39, 0.29) is 11.9 Å². The molecule has 0 spiro atoms. The van der Waals surface area contributed by atoms with Crippen LogP contribution in [0, 0.1) is 12.7 Å². The molecule has 3 heteroatoms. The third-order valence-corrected chi connectivity index (χ3v) is 3.57. The van der Waals surface area contributed by atoms with Crippen LogP contribution in [0.25, 0.3) is 0 Å². The molecule has 2 aromatic carbocycles. The van der Waals surface area contributed by atoms with Gasteiger partial charge in [-0.05, 0) is 37.1 Å². The number of anilines is 1. The van der Waals surface area contributed by atoms with Gasteiger partial charge in [-0.2, -0.15) is 0 Å². The Balaban J connectivity index is 2.33. The van der Waals surface area contributed by atoms with Crippen LogP contribution in [0.2, 0.25) is 0 Å². The molecule has 0 saturated heterocycles. The van der Waals surface area contributed by atoms with Gasteiger partial charge < -0.3 is 10.6 Å². The van der Waals surface area contributed by atoms with Crippen LogP contribution in [0.1, 0.15) is 29.7 Å². The first-order chi connectivity index (χ1) is 9.50. The molecule has 1 atom stereocenters. The molecule has 0 aliphatic carbocycles. The van der Waals surface area contributed by atoms with Crippen molar-refractivity contribution in [2.75, 3.05) is 11.9 Å². The molecule has 0 aliphatic rings. The molecule has 0 saturated carbocycles. The van der Waals surface area contributed by atoms with Crippen LogP contribution in [0.15, 0.2) is 42.5 Å². The van der Waals surface area contributed by atoms with Crippen molar-refractivity contribution in [2.45, 2.75) is 26.4 Å². The fourth-order valence-electron chi connectivity index (χ4n) is 2.44. The minimum absolute atomic E-state index is 0.242. The normalized spacial score (nSPS) is 12.2. The summed E-state index contributed by atoms with van der Waals surface area (Å²) in [6.45, 7) is 4.63. The summed E-state index contributed by atoms with van der Waals surface area (Å²) >= 11 is 0. The lowest BCUT2D eigenvalue weighted by molar-refractivity contribution is 0.592. The van der Waals surface area contributed by atoms with Crippen molar-refractivity contribution in [2.24, 2.45) is 5.73 Å². The highest BCUT2D eigenvalue weighted by molar-refractivity contribution is 5.55. The average Bonchev–Trinajstić information content (AvgIpc) is 2.40. The first-order valence-electron chi connectivity index (χ1n) is 6.80. The van der Waals surface area contributed by atoms with Gasteiger partial charge in [0.05, 0.1) is 0 Å². The van der Waals surface area contributed by atoms with Crippen LogP contribution >= 0.6 is 0 Å². The van der Waals surface area contributed by atoms with Crippen molar-refractivity contribution in [3.63, 3.8) is 0 Å². The maximum Gasteiger partial charge on any atom is 0.130 e. The highest BCUT2D eigenvalue weighted by Gasteiger charge is 2.15. The third kappa shape index (κ3) is 2.99. The summed E-state index contributed by atoms with van der Waals surface area (Å²) in [6.07, 6.45) is 0. The quantitative estimate of drug-likeness (QED) is 0.917. The summed E-state index contributed by atoms with van der Waals surface area (Å²) in [5, 5.41) is 0. The maximum absolute atomic E-state index is 14.0. The van der Waals surface area contributed by atoms with Crippen molar-refractivity contribution < 1.29 is 4.39 Å². The van der Waals surface area contributed by atoms with Gasteiger partial charge in [-0.1, -0.05) is 30.3 Å². The van der Waals surface area contributed by atoms with Gasteiger partial charge in [0.2, 0.25) is 0 Å². The molecular formula is C17H21FN2. The van der Waals surface area contributed by atoms with E-state index in [1.807, 2.05) is 37.1 Å². The molecular weight excluding hydrogens is 251 g/mol. The second kappa shape index (κ2) is 6.06. The minimum atomic E-state index is -0.328. The Morgan fingerprint density at radius 3 is 2.50 bits per heavy atom. The fourth-order valence-corrected chi connectivity index (χ4v) is 2.44. The van der Waals surface area contributed by atoms with E-state index >= 15 is 0 Å². The lowest BCUT2D eigenvalue weighted by Gasteiger charge is -2.25. The van der Waals surface area contributed by atoms with E-state index in [2.05, 4.69) is 19.1 Å². The molecule has 20 heavy (non-hydrogen) atoms. The van der Waals surface area contributed by atoms with Gasteiger partial charge in [0.1, 0.15) is 5.82 Å². The molecule has 0 unspecified atom stereocenters. The number of rotatable bonds is 4. The standard InChI is InChI=1S/C17H21FN2/c1-12-7-4-5-8-14(12)11-20(3)16-10-6-9-15(18)17(16)13(2)19/h4-10,13H,11,19H2,1-3H3/t13-/m0/s1. The first kappa shape index (κ1) is 14.5. The third-order valence-electron chi connectivity index (χ3n) is 3.57. The summed E-state index contributed by atoms with van der Waals surface area (Å²) in [7, 11) is 1.97. The topological polar surface area (TPSA) is 29.3 Å². The Bertz CT molecular complexity index is 593. The lowest BCUT2D eigenvalue weighted by atomic mass is 10.0. The summed E-state index contributed by atoms with van der Waals surface area (Å²) in [5.41, 5.74) is 9.80. The summed E-state index contributed by atoms with van der Waals surface area (Å²) in [5.74, 6) is -0.242. The van der Waals surface area contributed by atoms with E-state index in [0.29, 0.717) is 5.56 Å². The van der Waals surface area contributed by atoms with Crippen LogP contribution in [0.3, 0.4) is 0 Å². The number of benzene rings is 2. The average molecular weight is 272 g/mol. The fraction of sp³-hybridized carbons (Fsp3) is 0.294. The van der Waals surface area contributed by atoms with Gasteiger partial charge in [0, 0.05) is 30.9 Å². The van der Waals surface area contributed by atoms with Gasteiger partial charge in [0.15, 0.2) is 0 Å². The van der Waals surface area contributed by atoms with Gasteiger partial charge in [-0.3, -0.25) is 0 Å². The molecule has 2 nitrogen and oxygen atoms in total. The van der Waals surface area contributed by atoms with Gasteiger partial charge >= 0.3 is 0 Å². The highest BCUT2D eigenvalue weighted by atomic mass is 19.1. The molecule has 0 radical (unpaired) electrons. The predicted octanol–water partition coefficient (Wildman–Crippen LogP) is 3.79.